The van der Waals surface area contributed by atoms with Crippen LogP contribution in [0.25, 0.3) is 0 Å². The van der Waals surface area contributed by atoms with Crippen LogP contribution in [0.4, 0.5) is 0 Å². The Hall–Kier alpha value is -1.28. The van der Waals surface area contributed by atoms with E-state index in [1.54, 1.807) is 13.8 Å². The standard InChI is InChI=1S/C9H9BrN2O2/c1-9(2,5-11)12-8(13)6-3-4-14-7(6)10/h3-4H,1-2H3,(H,12,13). The Kier molecular flexibility index (Phi) is 2.96. The summed E-state index contributed by atoms with van der Waals surface area (Å²) in [5, 5.41) is 11.3. The predicted octanol–water partition coefficient (Wildman–Crippen LogP) is 2.07. The van der Waals surface area contributed by atoms with Gasteiger partial charge in [0.15, 0.2) is 4.67 Å². The van der Waals surface area contributed by atoms with Crippen LogP contribution in [0.5, 0.6) is 0 Å². The number of carbonyl (C=O) groups excluding carboxylic acids is 1. The van der Waals surface area contributed by atoms with Crippen molar-refractivity contribution >= 4 is 21.8 Å². The summed E-state index contributed by atoms with van der Waals surface area (Å²) in [4.78, 5) is 11.5. The van der Waals surface area contributed by atoms with Gasteiger partial charge in [-0.15, -0.1) is 0 Å². The largest absolute Gasteiger partial charge is 0.457 e. The number of amides is 1. The average Bonchev–Trinajstić information content (AvgIpc) is 2.51. The minimum absolute atomic E-state index is 0.336. The maximum atomic E-state index is 11.5. The molecule has 0 radical (unpaired) electrons. The first kappa shape index (κ1) is 10.8. The Bertz CT molecular complexity index is 390. The van der Waals surface area contributed by atoms with E-state index in [2.05, 4.69) is 21.2 Å². The number of carbonyl (C=O) groups is 1. The zero-order chi connectivity index (χ0) is 10.8. The summed E-state index contributed by atoms with van der Waals surface area (Å²) >= 11 is 3.09. The van der Waals surface area contributed by atoms with Crippen LogP contribution in [0.2, 0.25) is 0 Å². The molecule has 0 fully saturated rings. The predicted molar refractivity (Wildman–Crippen MR) is 53.6 cm³/mol. The summed E-state index contributed by atoms with van der Waals surface area (Å²) in [6.07, 6.45) is 1.40. The fourth-order valence-electron chi connectivity index (χ4n) is 0.835. The van der Waals surface area contributed by atoms with Gasteiger partial charge in [0.25, 0.3) is 5.91 Å². The number of halogens is 1. The van der Waals surface area contributed by atoms with Gasteiger partial charge in [-0.25, -0.2) is 0 Å². The van der Waals surface area contributed by atoms with Crippen molar-refractivity contribution in [3.63, 3.8) is 0 Å². The molecule has 0 aliphatic carbocycles. The topological polar surface area (TPSA) is 66.0 Å². The van der Waals surface area contributed by atoms with Gasteiger partial charge < -0.3 is 9.73 Å². The Labute approximate surface area is 90.0 Å². The number of hydrogen-bond acceptors (Lipinski definition) is 3. The summed E-state index contributed by atoms with van der Waals surface area (Å²) in [7, 11) is 0. The van der Waals surface area contributed by atoms with Crippen molar-refractivity contribution in [3.8, 4) is 6.07 Å². The smallest absolute Gasteiger partial charge is 0.256 e. The molecule has 1 aromatic heterocycles. The second-order valence-electron chi connectivity index (χ2n) is 3.30. The first-order chi connectivity index (χ1) is 6.46. The molecule has 1 heterocycles. The van der Waals surface area contributed by atoms with Gasteiger partial charge in [-0.3, -0.25) is 4.79 Å². The molecule has 1 rings (SSSR count). The number of rotatable bonds is 2. The fraction of sp³-hybridized carbons (Fsp3) is 0.333. The number of nitrogens with zero attached hydrogens (tertiary/aromatic N) is 1. The van der Waals surface area contributed by atoms with Gasteiger partial charge in [-0.2, -0.15) is 5.26 Å². The molecule has 0 aliphatic rings. The van der Waals surface area contributed by atoms with Crippen LogP contribution in [0.3, 0.4) is 0 Å². The molecule has 1 amide bonds. The van der Waals surface area contributed by atoms with Crippen molar-refractivity contribution in [3.05, 3.63) is 22.6 Å². The molecule has 5 heteroatoms. The van der Waals surface area contributed by atoms with E-state index >= 15 is 0 Å². The summed E-state index contributed by atoms with van der Waals surface area (Å²) in [5.74, 6) is -0.336. The molecule has 1 N–H and O–H groups in total. The van der Waals surface area contributed by atoms with Crippen LogP contribution in [0.15, 0.2) is 21.4 Å². The first-order valence-electron chi connectivity index (χ1n) is 3.93. The van der Waals surface area contributed by atoms with Crippen LogP contribution < -0.4 is 5.32 Å². The quantitative estimate of drug-likeness (QED) is 0.881. The van der Waals surface area contributed by atoms with Crippen LogP contribution in [-0.2, 0) is 0 Å². The molecule has 4 nitrogen and oxygen atoms in total. The van der Waals surface area contributed by atoms with Crippen LogP contribution >= 0.6 is 15.9 Å². The van der Waals surface area contributed by atoms with Gasteiger partial charge in [0.1, 0.15) is 5.54 Å². The van der Waals surface area contributed by atoms with E-state index < -0.39 is 5.54 Å². The highest BCUT2D eigenvalue weighted by molar-refractivity contribution is 9.10. The Balaban J connectivity index is 2.80. The third-order valence-electron chi connectivity index (χ3n) is 1.57. The molecular weight excluding hydrogens is 248 g/mol. The molecule has 0 saturated carbocycles. The fourth-order valence-corrected chi connectivity index (χ4v) is 1.26. The minimum atomic E-state index is -0.881. The van der Waals surface area contributed by atoms with Crippen molar-refractivity contribution in [2.24, 2.45) is 0 Å². The lowest BCUT2D eigenvalue weighted by Crippen LogP contribution is -2.42. The zero-order valence-corrected chi connectivity index (χ0v) is 9.38. The van der Waals surface area contributed by atoms with Gasteiger partial charge in [0, 0.05) is 0 Å². The maximum Gasteiger partial charge on any atom is 0.256 e. The summed E-state index contributed by atoms with van der Waals surface area (Å²) in [6, 6.07) is 3.51. The third kappa shape index (κ3) is 2.36. The highest BCUT2D eigenvalue weighted by Gasteiger charge is 2.22. The molecule has 0 bridgehead atoms. The van der Waals surface area contributed by atoms with Crippen molar-refractivity contribution in [2.75, 3.05) is 0 Å². The molecule has 0 aromatic carbocycles. The van der Waals surface area contributed by atoms with Crippen LogP contribution in [0, 0.1) is 11.3 Å². The maximum absolute atomic E-state index is 11.5. The second-order valence-corrected chi connectivity index (χ2v) is 4.02. The second kappa shape index (κ2) is 3.84. The van der Waals surface area contributed by atoms with E-state index in [1.807, 2.05) is 6.07 Å². The highest BCUT2D eigenvalue weighted by Crippen LogP contribution is 2.18. The lowest BCUT2D eigenvalue weighted by molar-refractivity contribution is 0.0927. The number of furan rings is 1. The molecular formula is C9H9BrN2O2. The molecule has 1 aromatic rings. The molecule has 14 heavy (non-hydrogen) atoms. The van der Waals surface area contributed by atoms with Gasteiger partial charge in [0.2, 0.25) is 0 Å². The van der Waals surface area contributed by atoms with Crippen molar-refractivity contribution in [1.82, 2.24) is 5.32 Å². The van der Waals surface area contributed by atoms with Crippen molar-refractivity contribution in [2.45, 2.75) is 19.4 Å². The molecule has 0 saturated heterocycles. The Morgan fingerprint density at radius 1 is 1.71 bits per heavy atom. The van der Waals surface area contributed by atoms with E-state index in [0.717, 1.165) is 0 Å². The van der Waals surface area contributed by atoms with E-state index in [9.17, 15) is 4.79 Å². The number of nitrogens with one attached hydrogen (secondary N) is 1. The first-order valence-corrected chi connectivity index (χ1v) is 4.72. The summed E-state index contributed by atoms with van der Waals surface area (Å²) in [6.45, 7) is 3.25. The van der Waals surface area contributed by atoms with E-state index in [-0.39, 0.29) is 5.91 Å². The molecule has 0 spiro atoms. The highest BCUT2D eigenvalue weighted by atomic mass is 79.9. The minimum Gasteiger partial charge on any atom is -0.457 e. The number of nitriles is 1. The lowest BCUT2D eigenvalue weighted by Gasteiger charge is -2.16. The normalized spacial score (nSPS) is 10.7. The third-order valence-corrected chi connectivity index (χ3v) is 2.18. The van der Waals surface area contributed by atoms with Crippen LogP contribution in [-0.4, -0.2) is 11.4 Å². The Morgan fingerprint density at radius 2 is 2.36 bits per heavy atom. The van der Waals surface area contributed by atoms with Gasteiger partial charge in [-0.1, -0.05) is 0 Å². The lowest BCUT2D eigenvalue weighted by atomic mass is 10.1. The van der Waals surface area contributed by atoms with Gasteiger partial charge >= 0.3 is 0 Å². The van der Waals surface area contributed by atoms with Gasteiger partial charge in [-0.05, 0) is 35.8 Å². The number of hydrogen-bond donors (Lipinski definition) is 1. The molecule has 0 atom stereocenters. The molecule has 74 valence electrons. The van der Waals surface area contributed by atoms with Gasteiger partial charge in [0.05, 0.1) is 17.9 Å². The summed E-state index contributed by atoms with van der Waals surface area (Å²) < 4.78 is 5.27. The van der Waals surface area contributed by atoms with Crippen LogP contribution in [0.1, 0.15) is 24.2 Å². The van der Waals surface area contributed by atoms with E-state index in [1.165, 1.54) is 12.3 Å². The summed E-state index contributed by atoms with van der Waals surface area (Å²) in [5.41, 5.74) is -0.498. The average molecular weight is 257 g/mol. The van der Waals surface area contributed by atoms with Crippen molar-refractivity contribution < 1.29 is 9.21 Å². The van der Waals surface area contributed by atoms with E-state index in [4.69, 9.17) is 9.68 Å². The SMILES string of the molecule is CC(C)(C#N)NC(=O)c1ccoc1Br. The molecule has 0 unspecified atom stereocenters. The van der Waals surface area contributed by atoms with Crippen molar-refractivity contribution in [1.29, 1.82) is 5.26 Å². The van der Waals surface area contributed by atoms with E-state index in [0.29, 0.717) is 10.2 Å². The Morgan fingerprint density at radius 3 is 2.79 bits per heavy atom. The monoisotopic (exact) mass is 256 g/mol. The zero-order valence-electron chi connectivity index (χ0n) is 7.80. The molecule has 0 aliphatic heterocycles.